The van der Waals surface area contributed by atoms with Crippen LogP contribution in [0.5, 0.6) is 0 Å². The summed E-state index contributed by atoms with van der Waals surface area (Å²) in [7, 11) is -4.78. The van der Waals surface area contributed by atoms with Gasteiger partial charge < -0.3 is 25.2 Å². The van der Waals surface area contributed by atoms with Crippen molar-refractivity contribution in [2.24, 2.45) is 5.73 Å². The first-order valence-electron chi connectivity index (χ1n) is 9.65. The molecule has 4 N–H and O–H groups in total. The van der Waals surface area contributed by atoms with E-state index < -0.39 is 26.6 Å². The quantitative estimate of drug-likeness (QED) is 0.203. The van der Waals surface area contributed by atoms with Crippen LogP contribution in [-0.2, 0) is 9.09 Å². The molecule has 0 aromatic heterocycles. The number of hydrogen-bond donors (Lipinski definition) is 3. The first-order valence-corrected chi connectivity index (χ1v) is 11.1. The summed E-state index contributed by atoms with van der Waals surface area (Å²) in [5, 5.41) is 9.73. The van der Waals surface area contributed by atoms with Crippen LogP contribution >= 0.6 is 7.82 Å². The molecule has 0 bridgehead atoms. The Morgan fingerprint density at radius 3 is 2.00 bits per heavy atom. The van der Waals surface area contributed by atoms with Gasteiger partial charge in [0, 0.05) is 0 Å². The van der Waals surface area contributed by atoms with E-state index in [4.69, 9.17) is 10.6 Å². The molecule has 0 amide bonds. The fourth-order valence-corrected chi connectivity index (χ4v) is 2.94. The van der Waals surface area contributed by atoms with Gasteiger partial charge >= 0.3 is 0 Å². The molecule has 0 aliphatic rings. The van der Waals surface area contributed by atoms with Gasteiger partial charge in [-0.3, -0.25) is 4.57 Å². The van der Waals surface area contributed by atoms with Crippen LogP contribution < -0.4 is 10.6 Å². The lowest BCUT2D eigenvalue weighted by Crippen LogP contribution is -2.37. The number of aliphatic hydroxyl groups is 1. The van der Waals surface area contributed by atoms with Crippen LogP contribution in [0.2, 0.25) is 0 Å². The second-order valence-corrected chi connectivity index (χ2v) is 7.87. The smallest absolute Gasteiger partial charge is 0.265 e. The Kier molecular flexibility index (Phi) is 15.8. The molecule has 0 saturated heterocycles. The van der Waals surface area contributed by atoms with Crippen molar-refractivity contribution in [3.05, 3.63) is 12.2 Å². The highest BCUT2D eigenvalue weighted by Crippen LogP contribution is 2.30. The standard InChI is InChI=1S/C18H38NO5P/c1-2-3-4-5-6-7-8-9-10-11-12-13-14-15-18(20)17(19)16-24-25(21,22)23/h14-15,17-18,20H,2-13,16,19H2,1H3,(H2,21,22,23)/p-1/b15-14+/t17-,18+/m0/s1. The Balaban J connectivity index is 3.46. The highest BCUT2D eigenvalue weighted by Gasteiger charge is 2.14. The first kappa shape index (κ1) is 24.8. The fraction of sp³-hybridized carbons (Fsp3) is 0.889. The van der Waals surface area contributed by atoms with E-state index >= 15 is 0 Å². The lowest BCUT2D eigenvalue weighted by atomic mass is 10.0. The molecule has 0 aliphatic carbocycles. The monoisotopic (exact) mass is 378 g/mol. The molecule has 3 atom stereocenters. The molecule has 0 radical (unpaired) electrons. The van der Waals surface area contributed by atoms with E-state index in [0.29, 0.717) is 0 Å². The number of rotatable bonds is 17. The molecule has 1 unspecified atom stereocenters. The molecular weight excluding hydrogens is 341 g/mol. The highest BCUT2D eigenvalue weighted by molar-refractivity contribution is 7.44. The molecule has 7 heteroatoms. The second-order valence-electron chi connectivity index (χ2n) is 6.67. The summed E-state index contributed by atoms with van der Waals surface area (Å²) in [6.45, 7) is 1.80. The van der Waals surface area contributed by atoms with Crippen LogP contribution in [0.4, 0.5) is 0 Å². The molecule has 6 nitrogen and oxygen atoms in total. The van der Waals surface area contributed by atoms with Gasteiger partial charge in [0.05, 0.1) is 18.8 Å². The minimum absolute atomic E-state index is 0.443. The molecule has 0 saturated carbocycles. The Labute approximate surface area is 153 Å². The third-order valence-corrected chi connectivity index (χ3v) is 4.65. The van der Waals surface area contributed by atoms with Gasteiger partial charge in [0.25, 0.3) is 7.82 Å². The van der Waals surface area contributed by atoms with Crippen molar-refractivity contribution < 1.29 is 24.0 Å². The van der Waals surface area contributed by atoms with Crippen molar-refractivity contribution in [2.75, 3.05) is 6.61 Å². The average Bonchev–Trinajstić information content (AvgIpc) is 2.56. The maximum Gasteiger partial charge on any atom is 0.265 e. The molecule has 0 rings (SSSR count). The van der Waals surface area contributed by atoms with Crippen molar-refractivity contribution in [3.63, 3.8) is 0 Å². The van der Waals surface area contributed by atoms with Crippen molar-refractivity contribution in [2.45, 2.75) is 96.1 Å². The number of unbranched alkanes of at least 4 members (excludes halogenated alkanes) is 11. The topological polar surface area (TPSA) is 116 Å². The lowest BCUT2D eigenvalue weighted by molar-refractivity contribution is -0.220. The van der Waals surface area contributed by atoms with E-state index in [0.717, 1.165) is 12.8 Å². The van der Waals surface area contributed by atoms with Gasteiger partial charge in [-0.1, -0.05) is 83.3 Å². The number of phosphoric ester groups is 1. The van der Waals surface area contributed by atoms with Gasteiger partial charge in [-0.2, -0.15) is 0 Å². The largest absolute Gasteiger partial charge is 0.756 e. The molecule has 0 fully saturated rings. The SMILES string of the molecule is CCCCCCCCCCCCC/C=C/[C@@H](O)[C@@H](N)COP(=O)([O-])O. The van der Waals surface area contributed by atoms with Gasteiger partial charge in [-0.25, -0.2) is 0 Å². The van der Waals surface area contributed by atoms with Crippen molar-refractivity contribution in [1.82, 2.24) is 0 Å². The summed E-state index contributed by atoms with van der Waals surface area (Å²) >= 11 is 0. The van der Waals surface area contributed by atoms with Crippen LogP contribution in [0.1, 0.15) is 84.0 Å². The predicted molar refractivity (Wildman–Crippen MR) is 100.0 cm³/mol. The molecular formula is C18H37NO5P-. The Morgan fingerprint density at radius 1 is 1.04 bits per heavy atom. The fourth-order valence-electron chi connectivity index (χ4n) is 2.58. The predicted octanol–water partition coefficient (Wildman–Crippen LogP) is 3.41. The van der Waals surface area contributed by atoms with Crippen LogP contribution in [0, 0.1) is 0 Å². The summed E-state index contributed by atoms with van der Waals surface area (Å²) in [4.78, 5) is 18.9. The van der Waals surface area contributed by atoms with Gasteiger partial charge in [-0.05, 0) is 12.8 Å². The Hall–Kier alpha value is -0.230. The van der Waals surface area contributed by atoms with Crippen LogP contribution in [0.3, 0.4) is 0 Å². The number of hydrogen-bond acceptors (Lipinski definition) is 5. The average molecular weight is 378 g/mol. The maximum absolute atomic E-state index is 10.4. The highest BCUT2D eigenvalue weighted by atomic mass is 31.2. The lowest BCUT2D eigenvalue weighted by Gasteiger charge is -2.20. The van der Waals surface area contributed by atoms with Gasteiger partial charge in [0.2, 0.25) is 0 Å². The third-order valence-electron chi connectivity index (χ3n) is 4.18. The van der Waals surface area contributed by atoms with Crippen molar-refractivity contribution in [1.29, 1.82) is 0 Å². The Bertz CT molecular complexity index is 372. The van der Waals surface area contributed by atoms with E-state index in [1.54, 1.807) is 6.08 Å². The van der Waals surface area contributed by atoms with Gasteiger partial charge in [0.15, 0.2) is 0 Å². The van der Waals surface area contributed by atoms with E-state index in [1.165, 1.54) is 64.2 Å². The molecule has 150 valence electrons. The van der Waals surface area contributed by atoms with E-state index in [-0.39, 0.29) is 0 Å². The number of allylic oxidation sites excluding steroid dienone is 1. The maximum atomic E-state index is 10.4. The van der Waals surface area contributed by atoms with Crippen molar-refractivity contribution in [3.8, 4) is 0 Å². The zero-order chi connectivity index (χ0) is 19.0. The number of aliphatic hydroxyl groups excluding tert-OH is 1. The molecule has 0 heterocycles. The summed E-state index contributed by atoms with van der Waals surface area (Å²) < 4.78 is 14.6. The summed E-state index contributed by atoms with van der Waals surface area (Å²) in [5.41, 5.74) is 5.57. The van der Waals surface area contributed by atoms with Gasteiger partial charge in [0.1, 0.15) is 0 Å². The molecule has 0 aromatic carbocycles. The zero-order valence-corrected chi connectivity index (χ0v) is 16.5. The van der Waals surface area contributed by atoms with Crippen molar-refractivity contribution >= 4 is 7.82 Å². The minimum Gasteiger partial charge on any atom is -0.756 e. The first-order chi connectivity index (χ1) is 11.9. The second kappa shape index (κ2) is 16.0. The normalized spacial score (nSPS) is 16.8. The van der Waals surface area contributed by atoms with Crippen LogP contribution in [0.15, 0.2) is 12.2 Å². The molecule has 0 spiro atoms. The minimum atomic E-state index is -4.78. The molecule has 0 aliphatic heterocycles. The summed E-state index contributed by atoms with van der Waals surface area (Å²) in [6.07, 6.45) is 17.5. The van der Waals surface area contributed by atoms with E-state index in [2.05, 4.69) is 11.4 Å². The summed E-state index contributed by atoms with van der Waals surface area (Å²) in [6, 6.07) is -0.886. The van der Waals surface area contributed by atoms with Crippen LogP contribution in [-0.4, -0.2) is 28.8 Å². The molecule has 25 heavy (non-hydrogen) atoms. The molecule has 0 aromatic rings. The number of nitrogens with two attached hydrogens (primary N) is 1. The third kappa shape index (κ3) is 18.4. The number of phosphoric acid groups is 1. The van der Waals surface area contributed by atoms with E-state index in [1.807, 2.05) is 6.08 Å². The van der Waals surface area contributed by atoms with E-state index in [9.17, 15) is 14.6 Å². The summed E-state index contributed by atoms with van der Waals surface area (Å²) in [5.74, 6) is 0. The van der Waals surface area contributed by atoms with Gasteiger partial charge in [-0.15, -0.1) is 0 Å². The zero-order valence-electron chi connectivity index (χ0n) is 15.6. The Morgan fingerprint density at radius 2 is 1.52 bits per heavy atom. The van der Waals surface area contributed by atoms with Crippen LogP contribution in [0.25, 0.3) is 0 Å².